The monoisotopic (exact) mass is 469 g/mol. The Morgan fingerprint density at radius 1 is 1.32 bits per heavy atom. The van der Waals surface area contributed by atoms with Crippen LogP contribution in [0.3, 0.4) is 0 Å². The van der Waals surface area contributed by atoms with Gasteiger partial charge in [0, 0.05) is 41.6 Å². The van der Waals surface area contributed by atoms with Crippen LogP contribution in [-0.2, 0) is 4.79 Å². The normalized spacial score (nSPS) is 30.3. The van der Waals surface area contributed by atoms with Gasteiger partial charge in [0.25, 0.3) is 5.91 Å². The number of aliphatic hydroxyl groups excluding tert-OH is 1. The standard InChI is InChI=1S/C24H28FN5O4/c1-34-19-6-15(16(25)11-26-19)17-7-18(29-28-17)22(33)30-5-2-13(10-24(30)3-4-24)21(32)27-12-23-8-14(9-23)20(23)31/h6-7,11,13-14,20,31H,2-5,8-10,12H2,1H3,(H,27,32)(H,28,29)/t13-,14?,20?,23?/m0/s1. The average Bonchev–Trinajstić information content (AvgIpc) is 3.39. The molecular formula is C24H28FN5O4. The van der Waals surface area contributed by atoms with E-state index >= 15 is 0 Å². The quantitative estimate of drug-likeness (QED) is 0.594. The Balaban J connectivity index is 1.12. The third-order valence-corrected chi connectivity index (χ3v) is 8.49. The van der Waals surface area contributed by atoms with E-state index in [9.17, 15) is 19.1 Å². The number of nitrogens with one attached hydrogen (secondary N) is 2. The highest BCUT2D eigenvalue weighted by Crippen LogP contribution is 2.63. The van der Waals surface area contributed by atoms with Crippen molar-refractivity contribution in [2.75, 3.05) is 20.2 Å². The molecule has 4 aliphatic carbocycles. The van der Waals surface area contributed by atoms with Crippen LogP contribution in [0.2, 0.25) is 0 Å². The number of aromatic amines is 1. The molecule has 9 nitrogen and oxygen atoms in total. The molecule has 3 N–H and O–H groups in total. The van der Waals surface area contributed by atoms with E-state index in [4.69, 9.17) is 4.74 Å². The van der Waals surface area contributed by atoms with Gasteiger partial charge in [-0.25, -0.2) is 9.37 Å². The molecule has 4 saturated carbocycles. The number of hydrogen-bond donors (Lipinski definition) is 3. The molecule has 1 spiro atoms. The zero-order valence-corrected chi connectivity index (χ0v) is 19.0. The van der Waals surface area contributed by atoms with E-state index in [2.05, 4.69) is 20.5 Å². The van der Waals surface area contributed by atoms with E-state index in [1.165, 1.54) is 13.2 Å². The van der Waals surface area contributed by atoms with Crippen LogP contribution in [0, 0.1) is 23.1 Å². The van der Waals surface area contributed by atoms with Crippen molar-refractivity contribution in [3.63, 3.8) is 0 Å². The summed E-state index contributed by atoms with van der Waals surface area (Å²) in [5.41, 5.74) is 0.398. The number of hydrogen-bond acceptors (Lipinski definition) is 6. The number of aromatic nitrogens is 3. The van der Waals surface area contributed by atoms with Gasteiger partial charge in [0.05, 0.1) is 25.1 Å². The minimum atomic E-state index is -0.553. The summed E-state index contributed by atoms with van der Waals surface area (Å²) in [5.74, 6) is -0.154. The summed E-state index contributed by atoms with van der Waals surface area (Å²) in [6, 6.07) is 2.99. The Morgan fingerprint density at radius 2 is 2.12 bits per heavy atom. The summed E-state index contributed by atoms with van der Waals surface area (Å²) in [4.78, 5) is 31.9. The molecule has 34 heavy (non-hydrogen) atoms. The first-order valence-electron chi connectivity index (χ1n) is 11.9. The Morgan fingerprint density at radius 3 is 2.76 bits per heavy atom. The van der Waals surface area contributed by atoms with E-state index in [-0.39, 0.29) is 51.9 Å². The average molecular weight is 470 g/mol. The van der Waals surface area contributed by atoms with Crippen LogP contribution in [0.5, 0.6) is 5.88 Å². The van der Waals surface area contributed by atoms with Gasteiger partial charge >= 0.3 is 0 Å². The van der Waals surface area contributed by atoms with Crippen LogP contribution in [0.1, 0.15) is 49.0 Å². The third kappa shape index (κ3) is 3.22. The van der Waals surface area contributed by atoms with Gasteiger partial charge < -0.3 is 20.1 Å². The van der Waals surface area contributed by atoms with Crippen molar-refractivity contribution in [2.45, 2.75) is 50.2 Å². The second-order valence-electron chi connectivity index (χ2n) is 10.4. The smallest absolute Gasteiger partial charge is 0.272 e. The summed E-state index contributed by atoms with van der Waals surface area (Å²) >= 11 is 0. The summed E-state index contributed by atoms with van der Waals surface area (Å²) in [6.07, 6.45) is 5.78. The number of carbonyl (C=O) groups excluding carboxylic acids is 2. The first kappa shape index (κ1) is 21.5. The second-order valence-corrected chi connectivity index (χ2v) is 10.4. The molecule has 5 aliphatic rings. The summed E-state index contributed by atoms with van der Waals surface area (Å²) in [5, 5.41) is 20.0. The van der Waals surface area contributed by atoms with Crippen molar-refractivity contribution in [3.8, 4) is 17.1 Å². The number of rotatable bonds is 6. The maximum Gasteiger partial charge on any atom is 0.272 e. The number of methoxy groups -OCH3 is 1. The van der Waals surface area contributed by atoms with Gasteiger partial charge in [0.1, 0.15) is 5.69 Å². The van der Waals surface area contributed by atoms with Gasteiger partial charge in [-0.2, -0.15) is 5.10 Å². The van der Waals surface area contributed by atoms with Crippen LogP contribution in [0.15, 0.2) is 18.3 Å². The fourth-order valence-corrected chi connectivity index (χ4v) is 6.08. The summed E-state index contributed by atoms with van der Waals surface area (Å²) in [7, 11) is 1.45. The zero-order chi connectivity index (χ0) is 23.7. The first-order chi connectivity index (χ1) is 16.3. The number of likely N-dealkylation sites (tertiary alicyclic amines) is 1. The Kier molecular flexibility index (Phi) is 4.74. The lowest BCUT2D eigenvalue weighted by molar-refractivity contribution is -0.233. The summed E-state index contributed by atoms with van der Waals surface area (Å²) in [6.45, 7) is 1.03. The van der Waals surface area contributed by atoms with Crippen LogP contribution in [0.4, 0.5) is 4.39 Å². The molecule has 2 aromatic heterocycles. The molecule has 2 amide bonds. The third-order valence-electron chi connectivity index (χ3n) is 8.49. The van der Waals surface area contributed by atoms with Crippen LogP contribution in [-0.4, -0.2) is 68.8 Å². The van der Waals surface area contributed by atoms with Crippen LogP contribution < -0.4 is 10.1 Å². The van der Waals surface area contributed by atoms with E-state index in [1.807, 2.05) is 4.90 Å². The lowest BCUT2D eigenvalue weighted by Gasteiger charge is -2.66. The topological polar surface area (TPSA) is 120 Å². The SMILES string of the molecule is COc1cc(-c2cc(C(=O)N3CC[C@H](C(=O)NCC45CC(C4)C5O)CC34CC4)[nH]n2)c(F)cn1. The second kappa shape index (κ2) is 7.49. The van der Waals surface area contributed by atoms with Crippen molar-refractivity contribution in [2.24, 2.45) is 17.3 Å². The number of ether oxygens (including phenoxy) is 1. The molecule has 1 unspecified atom stereocenters. The Bertz CT molecular complexity index is 1160. The molecule has 5 fully saturated rings. The predicted octanol–water partition coefficient (Wildman–Crippen LogP) is 1.89. The highest BCUT2D eigenvalue weighted by molar-refractivity contribution is 5.94. The number of amides is 2. The number of pyridine rings is 1. The largest absolute Gasteiger partial charge is 0.481 e. The fraction of sp³-hybridized carbons (Fsp3) is 0.583. The van der Waals surface area contributed by atoms with Crippen molar-refractivity contribution in [3.05, 3.63) is 29.8 Å². The maximum absolute atomic E-state index is 14.3. The van der Waals surface area contributed by atoms with Gasteiger partial charge in [-0.05, 0) is 50.5 Å². The lowest BCUT2D eigenvalue weighted by atomic mass is 9.42. The lowest BCUT2D eigenvalue weighted by Crippen LogP contribution is -2.69. The van der Waals surface area contributed by atoms with Gasteiger partial charge in [-0.1, -0.05) is 0 Å². The molecule has 2 bridgehead atoms. The molecular weight excluding hydrogens is 441 g/mol. The van der Waals surface area contributed by atoms with E-state index in [0.717, 1.165) is 31.9 Å². The number of aliphatic hydroxyl groups is 1. The molecule has 2 atom stereocenters. The number of nitrogens with zero attached hydrogens (tertiary/aromatic N) is 3. The molecule has 2 aromatic rings. The number of carbonyl (C=O) groups is 2. The molecule has 1 saturated heterocycles. The highest BCUT2D eigenvalue weighted by Gasteiger charge is 2.65. The van der Waals surface area contributed by atoms with Crippen molar-refractivity contribution >= 4 is 11.8 Å². The van der Waals surface area contributed by atoms with Crippen LogP contribution in [0.25, 0.3) is 11.3 Å². The molecule has 0 radical (unpaired) electrons. The molecule has 10 heteroatoms. The number of H-pyrrole nitrogens is 1. The highest BCUT2D eigenvalue weighted by atomic mass is 19.1. The van der Waals surface area contributed by atoms with Crippen molar-refractivity contribution in [1.29, 1.82) is 0 Å². The van der Waals surface area contributed by atoms with Crippen molar-refractivity contribution < 1.29 is 23.8 Å². The Hall–Kier alpha value is -3.01. The minimum Gasteiger partial charge on any atom is -0.481 e. The van der Waals surface area contributed by atoms with E-state index in [0.29, 0.717) is 37.5 Å². The van der Waals surface area contributed by atoms with Crippen molar-refractivity contribution in [1.82, 2.24) is 25.4 Å². The molecule has 180 valence electrons. The maximum atomic E-state index is 14.3. The predicted molar refractivity (Wildman–Crippen MR) is 118 cm³/mol. The van der Waals surface area contributed by atoms with Gasteiger partial charge in [0.15, 0.2) is 5.82 Å². The zero-order valence-electron chi connectivity index (χ0n) is 19.0. The van der Waals surface area contributed by atoms with E-state index < -0.39 is 5.82 Å². The minimum absolute atomic E-state index is 0.0289. The number of piperidine rings is 1. The number of halogens is 1. The first-order valence-corrected chi connectivity index (χ1v) is 11.9. The molecule has 0 aromatic carbocycles. The molecule has 7 rings (SSSR count). The van der Waals surface area contributed by atoms with Gasteiger partial charge in [0.2, 0.25) is 11.8 Å². The van der Waals surface area contributed by atoms with Gasteiger partial charge in [-0.15, -0.1) is 0 Å². The molecule has 1 aliphatic heterocycles. The van der Waals surface area contributed by atoms with E-state index in [1.54, 1.807) is 6.07 Å². The van der Waals surface area contributed by atoms with Crippen LogP contribution >= 0.6 is 0 Å². The Labute approximate surface area is 196 Å². The summed E-state index contributed by atoms with van der Waals surface area (Å²) < 4.78 is 19.3. The van der Waals surface area contributed by atoms with Gasteiger partial charge in [-0.3, -0.25) is 14.7 Å². The fourth-order valence-electron chi connectivity index (χ4n) is 6.08. The molecule has 3 heterocycles.